The molecule has 0 saturated carbocycles. The molecule has 1 aliphatic heterocycles. The Morgan fingerprint density at radius 2 is 1.97 bits per heavy atom. The maximum atomic E-state index is 13.6. The van der Waals surface area contributed by atoms with Gasteiger partial charge in [-0.15, -0.1) is 11.3 Å². The molecule has 1 N–H and O–H groups in total. The van der Waals surface area contributed by atoms with E-state index in [1.165, 1.54) is 21.2 Å². The van der Waals surface area contributed by atoms with Crippen molar-refractivity contribution in [1.29, 1.82) is 0 Å². The van der Waals surface area contributed by atoms with Gasteiger partial charge in [-0.25, -0.2) is 13.5 Å². The molecule has 9 nitrogen and oxygen atoms in total. The van der Waals surface area contributed by atoms with Gasteiger partial charge in [0.1, 0.15) is 23.1 Å². The highest BCUT2D eigenvalue weighted by Crippen LogP contribution is 2.32. The summed E-state index contributed by atoms with van der Waals surface area (Å²) in [4.78, 5) is 34.3. The SMILES string of the molecule is CN1CCOc2cc(C(=O)N(CCCc3ccccc3)Cc3nc(C(=O)NS(=O)N(C)C)cs3)ccc21. The maximum absolute atomic E-state index is 13.6. The summed E-state index contributed by atoms with van der Waals surface area (Å²) in [5.41, 5.74) is 2.90. The second kappa shape index (κ2) is 12.3. The Bertz CT molecular complexity index is 1260. The second-order valence-corrected chi connectivity index (χ2v) is 11.3. The Kier molecular flexibility index (Phi) is 8.91. The summed E-state index contributed by atoms with van der Waals surface area (Å²) in [7, 11) is 5.21. The number of amides is 2. The number of fused-ring (bicyclic) bond motifs is 1. The Morgan fingerprint density at radius 1 is 1.19 bits per heavy atom. The van der Waals surface area contributed by atoms with Crippen LogP contribution in [0.2, 0.25) is 0 Å². The molecular formula is C26H31N5O4S2. The van der Waals surface area contributed by atoms with Crippen molar-refractivity contribution in [2.24, 2.45) is 0 Å². The normalized spacial score (nSPS) is 13.6. The fraction of sp³-hybridized carbons (Fsp3) is 0.346. The van der Waals surface area contributed by atoms with E-state index in [0.29, 0.717) is 29.5 Å². The maximum Gasteiger partial charge on any atom is 0.283 e. The van der Waals surface area contributed by atoms with Crippen molar-refractivity contribution in [3.63, 3.8) is 0 Å². The molecule has 3 aromatic rings. The largest absolute Gasteiger partial charge is 0.490 e. The van der Waals surface area contributed by atoms with E-state index < -0.39 is 17.1 Å². The summed E-state index contributed by atoms with van der Waals surface area (Å²) in [5, 5.41) is 2.25. The van der Waals surface area contributed by atoms with Gasteiger partial charge in [-0.1, -0.05) is 30.3 Å². The molecule has 196 valence electrons. The van der Waals surface area contributed by atoms with E-state index >= 15 is 0 Å². The first kappa shape index (κ1) is 26.8. The number of rotatable bonds is 10. The summed E-state index contributed by atoms with van der Waals surface area (Å²) in [6.07, 6.45) is 1.62. The average molecular weight is 542 g/mol. The minimum Gasteiger partial charge on any atom is -0.490 e. The molecule has 0 fully saturated rings. The number of likely N-dealkylation sites (N-methyl/N-ethyl adjacent to an activating group) is 1. The predicted octanol–water partition coefficient (Wildman–Crippen LogP) is 3.12. The van der Waals surface area contributed by atoms with Gasteiger partial charge in [0, 0.05) is 38.6 Å². The van der Waals surface area contributed by atoms with Crippen molar-refractivity contribution in [1.82, 2.24) is 18.9 Å². The summed E-state index contributed by atoms with van der Waals surface area (Å²) < 4.78 is 21.5. The van der Waals surface area contributed by atoms with Crippen LogP contribution in [0.5, 0.6) is 5.75 Å². The summed E-state index contributed by atoms with van der Waals surface area (Å²) >= 11 is -0.346. The molecule has 0 saturated heterocycles. The lowest BCUT2D eigenvalue weighted by Crippen LogP contribution is -2.34. The number of thiazole rings is 1. The van der Waals surface area contributed by atoms with E-state index in [9.17, 15) is 13.8 Å². The van der Waals surface area contributed by atoms with Crippen LogP contribution < -0.4 is 14.4 Å². The fourth-order valence-electron chi connectivity index (χ4n) is 3.92. The van der Waals surface area contributed by atoms with Gasteiger partial charge in [0.2, 0.25) is 0 Å². The molecule has 1 atom stereocenters. The van der Waals surface area contributed by atoms with Gasteiger partial charge >= 0.3 is 0 Å². The third-order valence-corrected chi connectivity index (χ3v) is 7.80. The molecule has 1 aliphatic rings. The molecule has 2 heterocycles. The molecule has 37 heavy (non-hydrogen) atoms. The molecule has 11 heteroatoms. The lowest BCUT2D eigenvalue weighted by molar-refractivity contribution is 0.0740. The Labute approximate surface area is 223 Å². The number of aromatic nitrogens is 1. The van der Waals surface area contributed by atoms with Crippen LogP contribution in [0.4, 0.5) is 5.69 Å². The molecule has 4 rings (SSSR count). The number of hydrogen-bond acceptors (Lipinski definition) is 7. The van der Waals surface area contributed by atoms with Crippen LogP contribution in [-0.4, -0.2) is 71.1 Å². The highest BCUT2D eigenvalue weighted by atomic mass is 32.2. The van der Waals surface area contributed by atoms with Crippen LogP contribution >= 0.6 is 11.3 Å². The number of carbonyl (C=O) groups is 2. The highest BCUT2D eigenvalue weighted by molar-refractivity contribution is 7.81. The van der Waals surface area contributed by atoms with E-state index in [0.717, 1.165) is 25.1 Å². The zero-order valence-electron chi connectivity index (χ0n) is 21.2. The molecule has 2 amide bonds. The van der Waals surface area contributed by atoms with Crippen molar-refractivity contribution >= 4 is 40.0 Å². The standard InChI is InChI=1S/C26H31N5O4S2/c1-29(2)37(34)28-25(32)21-18-36-24(27-21)17-31(13-7-10-19-8-5-4-6-9-19)26(33)20-11-12-22-23(16-20)35-15-14-30(22)3/h4-6,8-9,11-12,16,18H,7,10,13-15,17H2,1-3H3,(H,28,32). The molecule has 1 unspecified atom stereocenters. The van der Waals surface area contributed by atoms with Gasteiger partial charge in [-0.05, 0) is 36.6 Å². The summed E-state index contributed by atoms with van der Waals surface area (Å²) in [5.74, 6) is 0.0565. The van der Waals surface area contributed by atoms with Crippen molar-refractivity contribution in [2.75, 3.05) is 45.7 Å². The van der Waals surface area contributed by atoms with E-state index in [1.54, 1.807) is 30.4 Å². The number of benzene rings is 2. The van der Waals surface area contributed by atoms with Gasteiger partial charge in [0.15, 0.2) is 11.2 Å². The van der Waals surface area contributed by atoms with Gasteiger partial charge in [-0.2, -0.15) is 0 Å². The average Bonchev–Trinajstić information content (AvgIpc) is 3.37. The third kappa shape index (κ3) is 6.94. The topological polar surface area (TPSA) is 95.1 Å². The van der Waals surface area contributed by atoms with Crippen LogP contribution in [0, 0.1) is 0 Å². The second-order valence-electron chi connectivity index (χ2n) is 8.89. The lowest BCUT2D eigenvalue weighted by Gasteiger charge is -2.28. The molecule has 0 aliphatic carbocycles. The predicted molar refractivity (Wildman–Crippen MR) is 146 cm³/mol. The quantitative estimate of drug-likeness (QED) is 0.424. The van der Waals surface area contributed by atoms with Gasteiger partial charge < -0.3 is 14.5 Å². The smallest absolute Gasteiger partial charge is 0.283 e. The molecule has 2 aromatic carbocycles. The molecule has 1 aromatic heterocycles. The van der Waals surface area contributed by atoms with Crippen LogP contribution in [-0.2, 0) is 24.1 Å². The van der Waals surface area contributed by atoms with Crippen LogP contribution in [0.3, 0.4) is 0 Å². The zero-order valence-corrected chi connectivity index (χ0v) is 22.8. The van der Waals surface area contributed by atoms with Crippen molar-refractivity contribution in [2.45, 2.75) is 19.4 Å². The number of anilines is 1. The van der Waals surface area contributed by atoms with Crippen LogP contribution in [0.25, 0.3) is 0 Å². The molecule has 0 spiro atoms. The van der Waals surface area contributed by atoms with Gasteiger partial charge in [0.05, 0.1) is 18.8 Å². The van der Waals surface area contributed by atoms with E-state index in [1.807, 2.05) is 37.4 Å². The van der Waals surface area contributed by atoms with Crippen molar-refractivity contribution in [3.05, 3.63) is 75.7 Å². The number of ether oxygens (including phenoxy) is 1. The minimum absolute atomic E-state index is 0.123. The van der Waals surface area contributed by atoms with Crippen molar-refractivity contribution < 1.29 is 18.5 Å². The zero-order chi connectivity index (χ0) is 26.4. The number of nitrogens with one attached hydrogen (secondary N) is 1. The van der Waals surface area contributed by atoms with E-state index in [4.69, 9.17) is 4.74 Å². The minimum atomic E-state index is -1.64. The Balaban J connectivity index is 1.50. The first-order valence-corrected chi connectivity index (χ1v) is 14.0. The third-order valence-electron chi connectivity index (χ3n) is 5.95. The Morgan fingerprint density at radius 3 is 2.73 bits per heavy atom. The van der Waals surface area contributed by atoms with Gasteiger partial charge in [-0.3, -0.25) is 14.3 Å². The highest BCUT2D eigenvalue weighted by Gasteiger charge is 2.22. The summed E-state index contributed by atoms with van der Waals surface area (Å²) in [6.45, 7) is 2.16. The number of aryl methyl sites for hydroxylation is 1. The number of hydrogen-bond donors (Lipinski definition) is 1. The lowest BCUT2D eigenvalue weighted by atomic mass is 10.1. The van der Waals surface area contributed by atoms with Crippen LogP contribution in [0.15, 0.2) is 53.9 Å². The van der Waals surface area contributed by atoms with E-state index in [2.05, 4.69) is 26.7 Å². The van der Waals surface area contributed by atoms with Crippen molar-refractivity contribution in [3.8, 4) is 5.75 Å². The Hall–Kier alpha value is -3.28. The monoisotopic (exact) mass is 541 g/mol. The molecule has 0 bridgehead atoms. The fourth-order valence-corrected chi connectivity index (χ4v) is 5.15. The summed E-state index contributed by atoms with van der Waals surface area (Å²) in [6, 6.07) is 15.7. The van der Waals surface area contributed by atoms with E-state index in [-0.39, 0.29) is 18.1 Å². The number of carbonyl (C=O) groups excluding carboxylic acids is 2. The molecule has 0 radical (unpaired) electrons. The first-order valence-electron chi connectivity index (χ1n) is 12.0. The first-order chi connectivity index (χ1) is 17.8. The number of nitrogens with zero attached hydrogens (tertiary/aromatic N) is 4. The van der Waals surface area contributed by atoms with Gasteiger partial charge in [0.25, 0.3) is 11.8 Å². The van der Waals surface area contributed by atoms with Crippen LogP contribution in [0.1, 0.15) is 37.8 Å². The molecular weight excluding hydrogens is 510 g/mol.